The highest BCUT2D eigenvalue weighted by molar-refractivity contribution is 7.99. The van der Waals surface area contributed by atoms with Crippen LogP contribution in [0.25, 0.3) is 0 Å². The van der Waals surface area contributed by atoms with Crippen LogP contribution in [0.5, 0.6) is 0 Å². The first-order valence-electron chi connectivity index (χ1n) is 4.45. The molecule has 0 aliphatic carbocycles. The molecule has 0 fully saturated rings. The number of amides is 1. The number of aliphatic carboxylic acids is 1. The zero-order chi connectivity index (χ0) is 12.0. The third kappa shape index (κ3) is 4.26. The van der Waals surface area contributed by atoms with Crippen molar-refractivity contribution < 1.29 is 14.7 Å². The van der Waals surface area contributed by atoms with Crippen LogP contribution in [0.15, 0.2) is 5.16 Å². The van der Waals surface area contributed by atoms with Gasteiger partial charge in [0, 0.05) is 13.5 Å². The number of aromatic nitrogens is 4. The van der Waals surface area contributed by atoms with Crippen molar-refractivity contribution in [1.82, 2.24) is 25.5 Å². The van der Waals surface area contributed by atoms with Crippen molar-refractivity contribution in [2.24, 2.45) is 0 Å². The van der Waals surface area contributed by atoms with E-state index in [-0.39, 0.29) is 11.7 Å². The second kappa shape index (κ2) is 6.05. The summed E-state index contributed by atoms with van der Waals surface area (Å²) in [6, 6.07) is 0. The predicted molar refractivity (Wildman–Crippen MR) is 54.9 cm³/mol. The standard InChI is InChI=1S/C7H11N5O3S/c1-5(13)8-2-3-12-7(9-10-11-12)16-4-6(14)15/h2-4H2,1H3,(H,8,13)(H,14,15). The molecule has 1 amide bonds. The van der Waals surface area contributed by atoms with Crippen molar-refractivity contribution in [2.45, 2.75) is 18.6 Å². The Balaban J connectivity index is 2.43. The number of nitrogens with one attached hydrogen (secondary N) is 1. The monoisotopic (exact) mass is 245 g/mol. The summed E-state index contributed by atoms with van der Waals surface area (Å²) in [6.45, 7) is 2.23. The van der Waals surface area contributed by atoms with E-state index >= 15 is 0 Å². The molecule has 0 aliphatic rings. The highest BCUT2D eigenvalue weighted by Crippen LogP contribution is 2.12. The highest BCUT2D eigenvalue weighted by atomic mass is 32.2. The minimum Gasteiger partial charge on any atom is -0.481 e. The average Bonchev–Trinajstić information content (AvgIpc) is 2.62. The van der Waals surface area contributed by atoms with Crippen LogP contribution in [0, 0.1) is 0 Å². The number of carboxylic acids is 1. The van der Waals surface area contributed by atoms with Gasteiger partial charge < -0.3 is 10.4 Å². The number of carboxylic acid groups (broad SMARTS) is 1. The number of carbonyl (C=O) groups is 2. The zero-order valence-corrected chi connectivity index (χ0v) is 9.40. The first-order valence-corrected chi connectivity index (χ1v) is 5.43. The fourth-order valence-corrected chi connectivity index (χ4v) is 1.53. The molecule has 0 atom stereocenters. The Kier molecular flexibility index (Phi) is 4.70. The summed E-state index contributed by atoms with van der Waals surface area (Å²) >= 11 is 1.04. The number of tetrazole rings is 1. The maximum atomic E-state index is 10.6. The van der Waals surface area contributed by atoms with E-state index in [0.717, 1.165) is 11.8 Å². The molecule has 1 aromatic heterocycles. The number of hydrogen-bond donors (Lipinski definition) is 2. The minimum atomic E-state index is -0.929. The Morgan fingerprint density at radius 3 is 2.94 bits per heavy atom. The molecule has 0 aromatic carbocycles. The Hall–Kier alpha value is -1.64. The summed E-state index contributed by atoms with van der Waals surface area (Å²) in [5.74, 6) is -1.16. The molecule has 2 N–H and O–H groups in total. The van der Waals surface area contributed by atoms with Crippen molar-refractivity contribution in [3.8, 4) is 0 Å². The quantitative estimate of drug-likeness (QED) is 0.617. The maximum absolute atomic E-state index is 10.6. The predicted octanol–water partition coefficient (Wildman–Crippen LogP) is -1.01. The lowest BCUT2D eigenvalue weighted by atomic mass is 10.6. The SMILES string of the molecule is CC(=O)NCCn1nnnc1SCC(=O)O. The molecule has 16 heavy (non-hydrogen) atoms. The summed E-state index contributed by atoms with van der Waals surface area (Å²) in [6.07, 6.45) is 0. The van der Waals surface area contributed by atoms with E-state index in [4.69, 9.17) is 5.11 Å². The summed E-state index contributed by atoms with van der Waals surface area (Å²) in [7, 11) is 0. The van der Waals surface area contributed by atoms with Crippen LogP contribution in [0.2, 0.25) is 0 Å². The molecule has 1 rings (SSSR count). The van der Waals surface area contributed by atoms with E-state index in [9.17, 15) is 9.59 Å². The fraction of sp³-hybridized carbons (Fsp3) is 0.571. The normalized spacial score (nSPS) is 10.1. The Morgan fingerprint density at radius 1 is 1.56 bits per heavy atom. The van der Waals surface area contributed by atoms with Crippen LogP contribution in [0.1, 0.15) is 6.92 Å². The van der Waals surface area contributed by atoms with Crippen LogP contribution >= 0.6 is 11.8 Å². The Bertz CT molecular complexity index is 380. The summed E-state index contributed by atoms with van der Waals surface area (Å²) in [5.41, 5.74) is 0. The van der Waals surface area contributed by atoms with Crippen molar-refractivity contribution in [3.05, 3.63) is 0 Å². The van der Waals surface area contributed by atoms with E-state index in [0.29, 0.717) is 18.2 Å². The Morgan fingerprint density at radius 2 is 2.31 bits per heavy atom. The van der Waals surface area contributed by atoms with E-state index in [2.05, 4.69) is 20.8 Å². The average molecular weight is 245 g/mol. The Labute approximate surface area is 95.4 Å². The lowest BCUT2D eigenvalue weighted by molar-refractivity contribution is -0.133. The second-order valence-electron chi connectivity index (χ2n) is 2.85. The zero-order valence-electron chi connectivity index (χ0n) is 8.58. The number of hydrogen-bond acceptors (Lipinski definition) is 6. The second-order valence-corrected chi connectivity index (χ2v) is 3.79. The summed E-state index contributed by atoms with van der Waals surface area (Å²) in [5, 5.41) is 22.3. The number of thioether (sulfide) groups is 1. The third-order valence-corrected chi connectivity index (χ3v) is 2.46. The van der Waals surface area contributed by atoms with Crippen LogP contribution in [0.3, 0.4) is 0 Å². The van der Waals surface area contributed by atoms with Crippen LogP contribution in [-0.4, -0.2) is 49.5 Å². The fourth-order valence-electron chi connectivity index (χ4n) is 0.904. The molecule has 1 heterocycles. The molecular weight excluding hydrogens is 234 g/mol. The third-order valence-electron chi connectivity index (χ3n) is 1.52. The molecule has 0 bridgehead atoms. The van der Waals surface area contributed by atoms with E-state index in [1.807, 2.05) is 0 Å². The van der Waals surface area contributed by atoms with Crippen molar-refractivity contribution >= 4 is 23.6 Å². The van der Waals surface area contributed by atoms with Gasteiger partial charge >= 0.3 is 5.97 Å². The number of nitrogens with zero attached hydrogens (tertiary/aromatic N) is 4. The molecule has 0 saturated carbocycles. The molecule has 0 spiro atoms. The van der Waals surface area contributed by atoms with Gasteiger partial charge in [-0.05, 0) is 10.4 Å². The largest absolute Gasteiger partial charge is 0.481 e. The topological polar surface area (TPSA) is 110 Å². The van der Waals surface area contributed by atoms with E-state index < -0.39 is 5.97 Å². The number of carbonyl (C=O) groups excluding carboxylic acids is 1. The molecule has 0 unspecified atom stereocenters. The lowest BCUT2D eigenvalue weighted by Gasteiger charge is -2.03. The molecule has 9 heteroatoms. The van der Waals surface area contributed by atoms with Gasteiger partial charge in [-0.1, -0.05) is 11.8 Å². The lowest BCUT2D eigenvalue weighted by Crippen LogP contribution is -2.25. The molecule has 0 aliphatic heterocycles. The number of rotatable bonds is 6. The van der Waals surface area contributed by atoms with Crippen molar-refractivity contribution in [1.29, 1.82) is 0 Å². The van der Waals surface area contributed by atoms with Gasteiger partial charge in [-0.2, -0.15) is 0 Å². The summed E-state index contributed by atoms with van der Waals surface area (Å²) in [4.78, 5) is 21.0. The van der Waals surface area contributed by atoms with Gasteiger partial charge in [0.05, 0.1) is 12.3 Å². The van der Waals surface area contributed by atoms with Gasteiger partial charge in [0.2, 0.25) is 11.1 Å². The van der Waals surface area contributed by atoms with Crippen LogP contribution in [0.4, 0.5) is 0 Å². The highest BCUT2D eigenvalue weighted by Gasteiger charge is 2.08. The van der Waals surface area contributed by atoms with Gasteiger partial charge in [-0.25, -0.2) is 4.68 Å². The van der Waals surface area contributed by atoms with Gasteiger partial charge in [0.1, 0.15) is 0 Å². The molecular formula is C7H11N5O3S. The van der Waals surface area contributed by atoms with Gasteiger partial charge in [-0.15, -0.1) is 5.10 Å². The van der Waals surface area contributed by atoms with Crippen molar-refractivity contribution in [2.75, 3.05) is 12.3 Å². The van der Waals surface area contributed by atoms with Gasteiger partial charge in [0.25, 0.3) is 0 Å². The minimum absolute atomic E-state index is 0.0967. The molecule has 88 valence electrons. The van der Waals surface area contributed by atoms with Gasteiger partial charge in [-0.3, -0.25) is 9.59 Å². The molecule has 0 radical (unpaired) electrons. The van der Waals surface area contributed by atoms with Crippen LogP contribution in [-0.2, 0) is 16.1 Å². The first-order chi connectivity index (χ1) is 7.59. The maximum Gasteiger partial charge on any atom is 0.313 e. The smallest absolute Gasteiger partial charge is 0.313 e. The van der Waals surface area contributed by atoms with Gasteiger partial charge in [0.15, 0.2) is 0 Å². The van der Waals surface area contributed by atoms with E-state index in [1.165, 1.54) is 11.6 Å². The van der Waals surface area contributed by atoms with Crippen molar-refractivity contribution in [3.63, 3.8) is 0 Å². The molecule has 1 aromatic rings. The first kappa shape index (κ1) is 12.4. The van der Waals surface area contributed by atoms with Crippen LogP contribution < -0.4 is 5.32 Å². The van der Waals surface area contributed by atoms with E-state index in [1.54, 1.807) is 0 Å². The summed E-state index contributed by atoms with van der Waals surface area (Å²) < 4.78 is 1.45. The molecule has 8 nitrogen and oxygen atoms in total. The molecule has 0 saturated heterocycles.